The average Bonchev–Trinajstić information content (AvgIpc) is 2.84. The maximum absolute atomic E-state index is 13.2. The van der Waals surface area contributed by atoms with Crippen LogP contribution in [0.15, 0.2) is 47.4 Å². The van der Waals surface area contributed by atoms with Gasteiger partial charge in [-0.25, -0.2) is 14.3 Å². The SMILES string of the molecule is Cn1c(=O)n(-c2c(Cl)cccc2Cl)c(=N)c2cnc(Nc3ccc4c(c3)CN(CCO)CC4)nc21. The molecule has 0 bridgehead atoms. The number of anilines is 2. The van der Waals surface area contributed by atoms with Gasteiger partial charge in [-0.1, -0.05) is 35.3 Å². The Bertz CT molecular complexity index is 1540. The molecule has 2 aromatic heterocycles. The van der Waals surface area contributed by atoms with Crippen LogP contribution in [0.25, 0.3) is 16.7 Å². The molecule has 2 aromatic carbocycles. The summed E-state index contributed by atoms with van der Waals surface area (Å²) in [5.74, 6) is 0.309. The van der Waals surface area contributed by atoms with Gasteiger partial charge in [0.25, 0.3) is 0 Å². The molecule has 0 atom stereocenters. The fourth-order valence-corrected chi connectivity index (χ4v) is 4.94. The van der Waals surface area contributed by atoms with Crippen molar-refractivity contribution in [3.63, 3.8) is 0 Å². The van der Waals surface area contributed by atoms with Crippen molar-refractivity contribution in [1.82, 2.24) is 24.0 Å². The molecule has 3 heterocycles. The summed E-state index contributed by atoms with van der Waals surface area (Å²) in [5, 5.41) is 22.0. The first-order valence-electron chi connectivity index (χ1n) is 11.1. The summed E-state index contributed by atoms with van der Waals surface area (Å²) >= 11 is 12.6. The lowest BCUT2D eigenvalue weighted by Crippen LogP contribution is -2.38. The first kappa shape index (κ1) is 23.5. The van der Waals surface area contributed by atoms with Gasteiger partial charge in [-0.15, -0.1) is 0 Å². The molecule has 0 amide bonds. The van der Waals surface area contributed by atoms with E-state index in [1.807, 2.05) is 6.07 Å². The molecule has 180 valence electrons. The van der Waals surface area contributed by atoms with Crippen LogP contribution in [-0.2, 0) is 20.0 Å². The van der Waals surface area contributed by atoms with E-state index < -0.39 is 5.69 Å². The third-order valence-corrected chi connectivity index (χ3v) is 6.78. The number of fused-ring (bicyclic) bond motifs is 2. The Balaban J connectivity index is 1.53. The van der Waals surface area contributed by atoms with Gasteiger partial charge in [-0.2, -0.15) is 4.98 Å². The first-order chi connectivity index (χ1) is 16.9. The van der Waals surface area contributed by atoms with E-state index in [1.54, 1.807) is 25.2 Å². The van der Waals surface area contributed by atoms with Crippen LogP contribution in [0.3, 0.4) is 0 Å². The number of nitrogens with one attached hydrogen (secondary N) is 2. The van der Waals surface area contributed by atoms with E-state index in [9.17, 15) is 9.90 Å². The third kappa shape index (κ3) is 4.32. The Labute approximate surface area is 210 Å². The van der Waals surface area contributed by atoms with Gasteiger partial charge in [0.1, 0.15) is 5.49 Å². The molecular formula is C24H23Cl2N7O2. The Morgan fingerprint density at radius 1 is 1.17 bits per heavy atom. The highest BCUT2D eigenvalue weighted by atomic mass is 35.5. The van der Waals surface area contributed by atoms with Crippen LogP contribution in [-0.4, -0.2) is 48.8 Å². The van der Waals surface area contributed by atoms with Gasteiger partial charge in [0.05, 0.1) is 27.7 Å². The molecule has 4 aromatic rings. The van der Waals surface area contributed by atoms with Crippen LogP contribution < -0.4 is 16.5 Å². The first-order valence-corrected chi connectivity index (χ1v) is 11.8. The zero-order valence-electron chi connectivity index (χ0n) is 18.9. The number of halogens is 2. The molecule has 35 heavy (non-hydrogen) atoms. The summed E-state index contributed by atoms with van der Waals surface area (Å²) in [6.07, 6.45) is 2.45. The predicted octanol–water partition coefficient (Wildman–Crippen LogP) is 3.00. The van der Waals surface area contributed by atoms with Gasteiger partial charge in [0.2, 0.25) is 5.95 Å². The summed E-state index contributed by atoms with van der Waals surface area (Å²) in [7, 11) is 1.58. The maximum atomic E-state index is 13.2. The van der Waals surface area contributed by atoms with Crippen molar-refractivity contribution in [2.75, 3.05) is 25.0 Å². The van der Waals surface area contributed by atoms with E-state index in [-0.39, 0.29) is 27.8 Å². The molecule has 11 heteroatoms. The smallest absolute Gasteiger partial charge is 0.335 e. The van der Waals surface area contributed by atoms with E-state index in [2.05, 4.69) is 32.3 Å². The lowest BCUT2D eigenvalue weighted by Gasteiger charge is -2.28. The third-order valence-electron chi connectivity index (χ3n) is 6.17. The van der Waals surface area contributed by atoms with Gasteiger partial charge in [0.15, 0.2) is 5.65 Å². The van der Waals surface area contributed by atoms with Gasteiger partial charge in [-0.05, 0) is 41.8 Å². The van der Waals surface area contributed by atoms with E-state index in [1.165, 1.54) is 21.9 Å². The van der Waals surface area contributed by atoms with Crippen LogP contribution in [0.4, 0.5) is 11.6 Å². The molecule has 0 saturated heterocycles. The topological polar surface area (TPSA) is 112 Å². The van der Waals surface area contributed by atoms with Crippen molar-refractivity contribution in [2.45, 2.75) is 13.0 Å². The highest BCUT2D eigenvalue weighted by molar-refractivity contribution is 6.37. The minimum Gasteiger partial charge on any atom is -0.395 e. The minimum absolute atomic E-state index is 0.109. The van der Waals surface area contributed by atoms with E-state index in [4.69, 9.17) is 28.6 Å². The van der Waals surface area contributed by atoms with Crippen LogP contribution in [0.2, 0.25) is 10.0 Å². The molecule has 1 aliphatic rings. The lowest BCUT2D eigenvalue weighted by atomic mass is 9.99. The number of nitrogens with zero attached hydrogens (tertiary/aromatic N) is 5. The number of aromatic nitrogens is 4. The molecule has 0 radical (unpaired) electrons. The van der Waals surface area contributed by atoms with Crippen molar-refractivity contribution in [2.24, 2.45) is 7.05 Å². The number of benzene rings is 2. The second kappa shape index (κ2) is 9.43. The molecular weight excluding hydrogens is 489 g/mol. The average molecular weight is 512 g/mol. The van der Waals surface area contributed by atoms with Crippen LogP contribution >= 0.6 is 23.2 Å². The second-order valence-corrected chi connectivity index (χ2v) is 9.20. The summed E-state index contributed by atoms with van der Waals surface area (Å²) in [6.45, 7) is 2.48. The number of hydrogen-bond donors (Lipinski definition) is 3. The maximum Gasteiger partial charge on any atom is 0.335 e. The number of aryl methyl sites for hydroxylation is 1. The monoisotopic (exact) mass is 511 g/mol. The molecule has 9 nitrogen and oxygen atoms in total. The number of β-amino-alcohol motifs (C(OH)–C–C–N with tert-alkyl or cyclic N) is 1. The molecule has 0 unspecified atom stereocenters. The molecule has 0 fully saturated rings. The normalized spacial score (nSPS) is 13.7. The summed E-state index contributed by atoms with van der Waals surface area (Å²) in [5.41, 5.74) is 3.24. The van der Waals surface area contributed by atoms with Crippen molar-refractivity contribution < 1.29 is 5.11 Å². The number of rotatable bonds is 5. The van der Waals surface area contributed by atoms with E-state index >= 15 is 0 Å². The predicted molar refractivity (Wildman–Crippen MR) is 136 cm³/mol. The standard InChI is InChI=1S/C24H23Cl2N7O2/c1-31-22-17(21(27)33(24(31)35)20-18(25)3-2-4-19(20)26)12-28-23(30-22)29-16-6-5-14-7-8-32(9-10-34)13-15(14)11-16/h2-6,11-12,27,34H,7-10,13H2,1H3,(H,28,29,30). The number of hydrogen-bond acceptors (Lipinski definition) is 7. The molecule has 3 N–H and O–H groups in total. The lowest BCUT2D eigenvalue weighted by molar-refractivity contribution is 0.184. The Hall–Kier alpha value is -3.24. The molecule has 0 saturated carbocycles. The molecule has 5 rings (SSSR count). The van der Waals surface area contributed by atoms with Crippen LogP contribution in [0.1, 0.15) is 11.1 Å². The van der Waals surface area contributed by atoms with Crippen molar-refractivity contribution in [3.8, 4) is 5.69 Å². The quantitative estimate of drug-likeness (QED) is 0.379. The molecule has 1 aliphatic heterocycles. The minimum atomic E-state index is -0.500. The highest BCUT2D eigenvalue weighted by Crippen LogP contribution is 2.27. The van der Waals surface area contributed by atoms with Crippen LogP contribution in [0, 0.1) is 5.41 Å². The van der Waals surface area contributed by atoms with Gasteiger partial charge in [-0.3, -0.25) is 14.9 Å². The number of aliphatic hydroxyl groups is 1. The highest BCUT2D eigenvalue weighted by Gasteiger charge is 2.18. The summed E-state index contributed by atoms with van der Waals surface area (Å²) in [4.78, 5) is 24.3. The summed E-state index contributed by atoms with van der Waals surface area (Å²) in [6, 6.07) is 11.0. The summed E-state index contributed by atoms with van der Waals surface area (Å²) < 4.78 is 2.50. The van der Waals surface area contributed by atoms with Crippen LogP contribution in [0.5, 0.6) is 0 Å². The fourth-order valence-electron chi connectivity index (χ4n) is 4.38. The molecule has 0 aliphatic carbocycles. The van der Waals surface area contributed by atoms with Crippen molar-refractivity contribution in [1.29, 1.82) is 5.41 Å². The fraction of sp³-hybridized carbons (Fsp3) is 0.250. The van der Waals surface area contributed by atoms with Gasteiger partial charge >= 0.3 is 5.69 Å². The second-order valence-electron chi connectivity index (χ2n) is 8.39. The van der Waals surface area contributed by atoms with Crippen molar-refractivity contribution >= 4 is 45.9 Å². The number of para-hydroxylation sites is 1. The Morgan fingerprint density at radius 2 is 1.94 bits per heavy atom. The Kier molecular flexibility index (Phi) is 6.33. The zero-order chi connectivity index (χ0) is 24.7. The van der Waals surface area contributed by atoms with E-state index in [0.29, 0.717) is 23.5 Å². The molecule has 0 spiro atoms. The number of aliphatic hydroxyl groups excluding tert-OH is 1. The van der Waals surface area contributed by atoms with E-state index in [0.717, 1.165) is 29.8 Å². The van der Waals surface area contributed by atoms with Crippen molar-refractivity contribution in [3.05, 3.63) is 79.7 Å². The largest absolute Gasteiger partial charge is 0.395 e. The zero-order valence-corrected chi connectivity index (χ0v) is 20.4. The van der Waals surface area contributed by atoms with Gasteiger partial charge in [0, 0.05) is 38.6 Å². The van der Waals surface area contributed by atoms with Gasteiger partial charge < -0.3 is 10.4 Å². The Morgan fingerprint density at radius 3 is 2.69 bits per heavy atom.